The van der Waals surface area contributed by atoms with Crippen LogP contribution in [-0.4, -0.2) is 41.5 Å². The number of nitrogens with one attached hydrogen (secondary N) is 1. The van der Waals surface area contributed by atoms with Gasteiger partial charge in [0.2, 0.25) is 0 Å². The van der Waals surface area contributed by atoms with E-state index in [1.807, 2.05) is 46.1 Å². The Balaban J connectivity index is 1.37. The van der Waals surface area contributed by atoms with Gasteiger partial charge in [0.05, 0.1) is 20.8 Å². The number of fused-ring (bicyclic) bond motifs is 1. The number of methoxy groups -OCH3 is 2. The summed E-state index contributed by atoms with van der Waals surface area (Å²) >= 11 is 0. The van der Waals surface area contributed by atoms with Gasteiger partial charge in [0.15, 0.2) is 11.5 Å². The van der Waals surface area contributed by atoms with Crippen molar-refractivity contribution in [1.29, 1.82) is 0 Å². The minimum atomic E-state index is -0.0621. The van der Waals surface area contributed by atoms with E-state index in [2.05, 4.69) is 22.5 Å². The molecule has 0 radical (unpaired) electrons. The van der Waals surface area contributed by atoms with Crippen LogP contribution in [0.1, 0.15) is 22.3 Å². The summed E-state index contributed by atoms with van der Waals surface area (Å²) in [6, 6.07) is 14.0. The Kier molecular flexibility index (Phi) is 5.88. The van der Waals surface area contributed by atoms with Crippen molar-refractivity contribution in [2.75, 3.05) is 20.8 Å². The Morgan fingerprint density at radius 1 is 1.07 bits per heavy atom. The number of amides is 2. The van der Waals surface area contributed by atoms with Crippen molar-refractivity contribution in [2.24, 2.45) is 0 Å². The maximum Gasteiger partial charge on any atom is 0.317 e. The third-order valence-electron chi connectivity index (χ3n) is 5.34. The quantitative estimate of drug-likeness (QED) is 0.683. The first kappa shape index (κ1) is 19.8. The van der Waals surface area contributed by atoms with E-state index in [-0.39, 0.29) is 6.03 Å². The van der Waals surface area contributed by atoms with E-state index in [4.69, 9.17) is 9.47 Å². The molecule has 0 bridgehead atoms. The molecule has 156 valence electrons. The highest BCUT2D eigenvalue weighted by Crippen LogP contribution is 2.33. The van der Waals surface area contributed by atoms with Gasteiger partial charge in [-0.3, -0.25) is 4.68 Å². The molecular formula is C23H26N4O3. The standard InChI is InChI=1S/C23H26N4O3/c1-29-21-12-19-7-10-26(16-20(19)13-22(21)30-2)23(28)24-14-17-5-3-6-18(11-17)15-27-9-4-8-25-27/h3-6,8-9,11-13H,7,10,14-16H2,1-2H3,(H,24,28). The SMILES string of the molecule is COc1cc2c(cc1OC)CN(C(=O)NCc1cccc(Cn3cccn3)c1)CC2. The molecule has 7 heteroatoms. The Hall–Kier alpha value is -3.48. The Morgan fingerprint density at radius 3 is 2.57 bits per heavy atom. The molecule has 2 aromatic carbocycles. The van der Waals surface area contributed by atoms with Crippen LogP contribution in [0, 0.1) is 0 Å². The summed E-state index contributed by atoms with van der Waals surface area (Å²) in [5, 5.41) is 7.29. The van der Waals surface area contributed by atoms with Crippen molar-refractivity contribution >= 4 is 6.03 Å². The lowest BCUT2D eigenvalue weighted by Gasteiger charge is -2.29. The molecule has 2 heterocycles. The van der Waals surface area contributed by atoms with Crippen molar-refractivity contribution < 1.29 is 14.3 Å². The molecule has 2 amide bonds. The zero-order valence-electron chi connectivity index (χ0n) is 17.3. The topological polar surface area (TPSA) is 68.6 Å². The number of hydrogen-bond acceptors (Lipinski definition) is 4. The second kappa shape index (κ2) is 8.90. The lowest BCUT2D eigenvalue weighted by molar-refractivity contribution is 0.191. The van der Waals surface area contributed by atoms with E-state index in [0.717, 1.165) is 28.9 Å². The molecule has 1 N–H and O–H groups in total. The van der Waals surface area contributed by atoms with Crippen LogP contribution in [0.4, 0.5) is 4.79 Å². The fraction of sp³-hybridized carbons (Fsp3) is 0.304. The predicted octanol–water partition coefficient (Wildman–Crippen LogP) is 3.22. The number of benzene rings is 2. The van der Waals surface area contributed by atoms with Crippen LogP contribution in [0.2, 0.25) is 0 Å². The van der Waals surface area contributed by atoms with E-state index < -0.39 is 0 Å². The monoisotopic (exact) mass is 406 g/mol. The van der Waals surface area contributed by atoms with Crippen LogP contribution >= 0.6 is 0 Å². The maximum atomic E-state index is 12.7. The lowest BCUT2D eigenvalue weighted by atomic mass is 9.99. The molecule has 30 heavy (non-hydrogen) atoms. The normalized spacial score (nSPS) is 12.9. The molecule has 0 saturated heterocycles. The third kappa shape index (κ3) is 4.40. The number of nitrogens with zero attached hydrogens (tertiary/aromatic N) is 3. The van der Waals surface area contributed by atoms with Gasteiger partial charge in [-0.25, -0.2) is 4.79 Å². The molecule has 0 atom stereocenters. The summed E-state index contributed by atoms with van der Waals surface area (Å²) < 4.78 is 12.7. The van der Waals surface area contributed by atoms with Crippen LogP contribution in [-0.2, 0) is 26.1 Å². The molecule has 1 aromatic heterocycles. The molecule has 7 nitrogen and oxygen atoms in total. The van der Waals surface area contributed by atoms with Gasteiger partial charge in [-0.2, -0.15) is 5.10 Å². The van der Waals surface area contributed by atoms with E-state index in [1.165, 1.54) is 5.56 Å². The second-order valence-corrected chi connectivity index (χ2v) is 7.33. The molecule has 1 aliphatic heterocycles. The van der Waals surface area contributed by atoms with Gasteiger partial charge in [0.25, 0.3) is 0 Å². The highest BCUT2D eigenvalue weighted by Gasteiger charge is 2.22. The van der Waals surface area contributed by atoms with Gasteiger partial charge in [0.1, 0.15) is 0 Å². The molecule has 3 aromatic rings. The van der Waals surface area contributed by atoms with Crippen LogP contribution in [0.15, 0.2) is 54.9 Å². The molecule has 1 aliphatic rings. The number of urea groups is 1. The van der Waals surface area contributed by atoms with Gasteiger partial charge >= 0.3 is 6.03 Å². The van der Waals surface area contributed by atoms with Gasteiger partial charge < -0.3 is 19.7 Å². The van der Waals surface area contributed by atoms with Crippen LogP contribution in [0.3, 0.4) is 0 Å². The average molecular weight is 406 g/mol. The van der Waals surface area contributed by atoms with E-state index in [1.54, 1.807) is 20.4 Å². The third-order valence-corrected chi connectivity index (χ3v) is 5.34. The molecule has 0 aliphatic carbocycles. The summed E-state index contributed by atoms with van der Waals surface area (Å²) in [5.74, 6) is 1.41. The summed E-state index contributed by atoms with van der Waals surface area (Å²) in [7, 11) is 3.26. The van der Waals surface area contributed by atoms with Gasteiger partial charge in [-0.05, 0) is 46.9 Å². The fourth-order valence-electron chi connectivity index (χ4n) is 3.77. The summed E-state index contributed by atoms with van der Waals surface area (Å²) in [5.41, 5.74) is 4.51. The van der Waals surface area contributed by atoms with E-state index >= 15 is 0 Å². The molecule has 0 saturated carbocycles. The number of carbonyl (C=O) groups excluding carboxylic acids is 1. The number of ether oxygens (including phenoxy) is 2. The average Bonchev–Trinajstić information content (AvgIpc) is 3.29. The van der Waals surface area contributed by atoms with Gasteiger partial charge in [-0.15, -0.1) is 0 Å². The minimum absolute atomic E-state index is 0.0621. The highest BCUT2D eigenvalue weighted by molar-refractivity contribution is 5.74. The molecule has 0 unspecified atom stereocenters. The minimum Gasteiger partial charge on any atom is -0.493 e. The molecular weight excluding hydrogens is 380 g/mol. The summed E-state index contributed by atoms with van der Waals surface area (Å²) in [6.07, 6.45) is 4.50. The van der Waals surface area contributed by atoms with Crippen molar-refractivity contribution in [2.45, 2.75) is 26.1 Å². The molecule has 0 fully saturated rings. The fourth-order valence-corrected chi connectivity index (χ4v) is 3.77. The van der Waals surface area contributed by atoms with Crippen LogP contribution < -0.4 is 14.8 Å². The first-order valence-electron chi connectivity index (χ1n) is 9.98. The zero-order valence-corrected chi connectivity index (χ0v) is 17.3. The summed E-state index contributed by atoms with van der Waals surface area (Å²) in [4.78, 5) is 14.6. The first-order chi connectivity index (χ1) is 14.7. The number of aromatic nitrogens is 2. The lowest BCUT2D eigenvalue weighted by Crippen LogP contribution is -2.42. The van der Waals surface area contributed by atoms with Gasteiger partial charge in [0, 0.05) is 32.0 Å². The largest absolute Gasteiger partial charge is 0.493 e. The van der Waals surface area contributed by atoms with Crippen molar-refractivity contribution in [1.82, 2.24) is 20.0 Å². The number of hydrogen-bond donors (Lipinski definition) is 1. The maximum absolute atomic E-state index is 12.7. The second-order valence-electron chi connectivity index (χ2n) is 7.33. The zero-order chi connectivity index (χ0) is 20.9. The Morgan fingerprint density at radius 2 is 1.83 bits per heavy atom. The smallest absolute Gasteiger partial charge is 0.317 e. The Labute approximate surface area is 176 Å². The molecule has 0 spiro atoms. The van der Waals surface area contributed by atoms with Crippen LogP contribution in [0.5, 0.6) is 11.5 Å². The number of carbonyl (C=O) groups is 1. The van der Waals surface area contributed by atoms with Crippen molar-refractivity contribution in [3.63, 3.8) is 0 Å². The molecule has 4 rings (SSSR count). The van der Waals surface area contributed by atoms with E-state index in [0.29, 0.717) is 31.9 Å². The summed E-state index contributed by atoms with van der Waals surface area (Å²) in [6.45, 7) is 2.43. The first-order valence-corrected chi connectivity index (χ1v) is 9.98. The highest BCUT2D eigenvalue weighted by atomic mass is 16.5. The van der Waals surface area contributed by atoms with Gasteiger partial charge in [-0.1, -0.05) is 24.3 Å². The van der Waals surface area contributed by atoms with Crippen molar-refractivity contribution in [3.8, 4) is 11.5 Å². The number of rotatable bonds is 6. The predicted molar refractivity (Wildman–Crippen MR) is 114 cm³/mol. The van der Waals surface area contributed by atoms with E-state index in [9.17, 15) is 4.79 Å². The van der Waals surface area contributed by atoms with Crippen molar-refractivity contribution in [3.05, 3.63) is 77.1 Å². The van der Waals surface area contributed by atoms with Crippen LogP contribution in [0.25, 0.3) is 0 Å². The Bertz CT molecular complexity index is 1020.